The molecule has 0 aliphatic heterocycles. The summed E-state index contributed by atoms with van der Waals surface area (Å²) in [6.07, 6.45) is 0. The molecule has 1 N–H and O–H groups in total. The maximum absolute atomic E-state index is 12.4. The van der Waals surface area contributed by atoms with E-state index in [1.165, 1.54) is 18.9 Å². The first kappa shape index (κ1) is 18.3. The Bertz CT molecular complexity index is 774. The lowest BCUT2D eigenvalue weighted by molar-refractivity contribution is -0.120. The van der Waals surface area contributed by atoms with Crippen LogP contribution in [0.15, 0.2) is 42.5 Å². The average molecular weight is 342 g/mol. The smallest absolute Gasteiger partial charge is 0.244 e. The molecule has 0 saturated heterocycles. The predicted molar refractivity (Wildman–Crippen MR) is 97.4 cm³/mol. The molecule has 6 heteroatoms. The normalized spacial score (nSPS) is 10.1. The fraction of sp³-hybridized carbons (Fsp3) is 0.263. The fourth-order valence-electron chi connectivity index (χ4n) is 2.49. The van der Waals surface area contributed by atoms with Crippen molar-refractivity contribution in [3.05, 3.63) is 48.0 Å². The Morgan fingerprint density at radius 1 is 1.04 bits per heavy atom. The van der Waals surface area contributed by atoms with Crippen LogP contribution in [0, 0.1) is 6.92 Å². The number of methoxy groups -OCH3 is 2. The lowest BCUT2D eigenvalue weighted by Gasteiger charge is -2.22. The number of nitrogens with one attached hydrogen (secondary N) is 1. The van der Waals surface area contributed by atoms with Gasteiger partial charge in [-0.05, 0) is 30.7 Å². The summed E-state index contributed by atoms with van der Waals surface area (Å²) in [4.78, 5) is 25.8. The minimum absolute atomic E-state index is 0.0749. The van der Waals surface area contributed by atoms with Crippen molar-refractivity contribution in [2.24, 2.45) is 0 Å². The topological polar surface area (TPSA) is 67.9 Å². The molecule has 0 spiro atoms. The molecule has 0 fully saturated rings. The van der Waals surface area contributed by atoms with E-state index in [0.717, 1.165) is 11.3 Å². The molecule has 0 saturated carbocycles. The van der Waals surface area contributed by atoms with Gasteiger partial charge in [-0.3, -0.25) is 9.59 Å². The van der Waals surface area contributed by atoms with Crippen molar-refractivity contribution in [2.75, 3.05) is 31.0 Å². The number of carbonyl (C=O) groups excluding carboxylic acids is 2. The molecule has 0 bridgehead atoms. The second kappa shape index (κ2) is 8.19. The molecular weight excluding hydrogens is 320 g/mol. The van der Waals surface area contributed by atoms with Crippen molar-refractivity contribution in [3.8, 4) is 11.5 Å². The molecule has 0 aliphatic carbocycles. The average Bonchev–Trinajstić information content (AvgIpc) is 2.60. The van der Waals surface area contributed by atoms with Gasteiger partial charge in [0, 0.05) is 24.4 Å². The first-order valence-electron chi connectivity index (χ1n) is 7.82. The molecule has 0 heterocycles. The predicted octanol–water partition coefficient (Wildman–Crippen LogP) is 3.00. The molecule has 2 aromatic carbocycles. The van der Waals surface area contributed by atoms with Gasteiger partial charge in [0.2, 0.25) is 11.8 Å². The molecular formula is C19H22N2O4. The molecule has 2 rings (SSSR count). The molecule has 2 amide bonds. The van der Waals surface area contributed by atoms with E-state index in [1.54, 1.807) is 25.3 Å². The first-order valence-corrected chi connectivity index (χ1v) is 7.82. The number of aryl methyl sites for hydroxylation is 1. The summed E-state index contributed by atoms with van der Waals surface area (Å²) in [5, 5.41) is 2.77. The highest BCUT2D eigenvalue weighted by Gasteiger charge is 2.17. The first-order chi connectivity index (χ1) is 12.0. The van der Waals surface area contributed by atoms with Crippen molar-refractivity contribution in [2.45, 2.75) is 13.8 Å². The minimum Gasteiger partial charge on any atom is -0.493 e. The number of hydrogen-bond donors (Lipinski definition) is 1. The van der Waals surface area contributed by atoms with Gasteiger partial charge >= 0.3 is 0 Å². The van der Waals surface area contributed by atoms with Crippen molar-refractivity contribution in [1.29, 1.82) is 0 Å². The monoisotopic (exact) mass is 342 g/mol. The van der Waals surface area contributed by atoms with Crippen LogP contribution in [-0.4, -0.2) is 32.6 Å². The van der Waals surface area contributed by atoms with E-state index in [4.69, 9.17) is 9.47 Å². The second-order valence-electron chi connectivity index (χ2n) is 5.51. The maximum atomic E-state index is 12.4. The van der Waals surface area contributed by atoms with Gasteiger partial charge in [-0.1, -0.05) is 18.2 Å². The molecule has 0 radical (unpaired) electrons. The van der Waals surface area contributed by atoms with E-state index in [9.17, 15) is 9.59 Å². The van der Waals surface area contributed by atoms with E-state index in [-0.39, 0.29) is 18.4 Å². The van der Waals surface area contributed by atoms with E-state index in [0.29, 0.717) is 17.2 Å². The quantitative estimate of drug-likeness (QED) is 0.876. The van der Waals surface area contributed by atoms with Gasteiger partial charge in [0.15, 0.2) is 11.5 Å². The number of para-hydroxylation sites is 1. The van der Waals surface area contributed by atoms with Crippen LogP contribution in [0.4, 0.5) is 11.4 Å². The van der Waals surface area contributed by atoms with Gasteiger partial charge in [0.1, 0.15) is 6.54 Å². The van der Waals surface area contributed by atoms with Gasteiger partial charge < -0.3 is 19.7 Å². The number of anilines is 2. The molecule has 0 unspecified atom stereocenters. The Hall–Kier alpha value is -3.02. The third kappa shape index (κ3) is 4.50. The zero-order valence-corrected chi connectivity index (χ0v) is 14.8. The number of carbonyl (C=O) groups is 2. The van der Waals surface area contributed by atoms with Crippen molar-refractivity contribution in [3.63, 3.8) is 0 Å². The summed E-state index contributed by atoms with van der Waals surface area (Å²) in [6, 6.07) is 12.5. The number of nitrogens with zero attached hydrogens (tertiary/aromatic N) is 1. The molecule has 25 heavy (non-hydrogen) atoms. The maximum Gasteiger partial charge on any atom is 0.244 e. The van der Waals surface area contributed by atoms with Gasteiger partial charge in [-0.15, -0.1) is 0 Å². The minimum atomic E-state index is -0.300. The van der Waals surface area contributed by atoms with Crippen LogP contribution >= 0.6 is 0 Å². The Morgan fingerprint density at radius 3 is 2.32 bits per heavy atom. The summed E-state index contributed by atoms with van der Waals surface area (Å²) in [5.41, 5.74) is 2.21. The number of ether oxygens (including phenoxy) is 2. The van der Waals surface area contributed by atoms with Gasteiger partial charge in [-0.2, -0.15) is 0 Å². The molecule has 0 aliphatic rings. The fourth-order valence-corrected chi connectivity index (χ4v) is 2.49. The van der Waals surface area contributed by atoms with E-state index in [1.807, 2.05) is 31.2 Å². The Kier molecular flexibility index (Phi) is 6.00. The van der Waals surface area contributed by atoms with Gasteiger partial charge in [0.25, 0.3) is 0 Å². The summed E-state index contributed by atoms with van der Waals surface area (Å²) >= 11 is 0. The summed E-state index contributed by atoms with van der Waals surface area (Å²) < 4.78 is 10.4. The van der Waals surface area contributed by atoms with Crippen molar-refractivity contribution < 1.29 is 19.1 Å². The third-order valence-electron chi connectivity index (χ3n) is 3.76. The van der Waals surface area contributed by atoms with Crippen LogP contribution in [-0.2, 0) is 9.59 Å². The van der Waals surface area contributed by atoms with Crippen LogP contribution in [0.3, 0.4) is 0 Å². The van der Waals surface area contributed by atoms with Crippen LogP contribution in [0.1, 0.15) is 12.5 Å². The lowest BCUT2D eigenvalue weighted by Crippen LogP contribution is -2.37. The summed E-state index contributed by atoms with van der Waals surface area (Å²) in [6.45, 7) is 3.27. The Morgan fingerprint density at radius 2 is 1.72 bits per heavy atom. The van der Waals surface area contributed by atoms with Crippen molar-refractivity contribution in [1.82, 2.24) is 0 Å². The Balaban J connectivity index is 2.15. The number of amides is 2. The number of rotatable bonds is 6. The molecule has 0 aromatic heterocycles. The van der Waals surface area contributed by atoms with Gasteiger partial charge in [-0.25, -0.2) is 0 Å². The zero-order chi connectivity index (χ0) is 18.4. The van der Waals surface area contributed by atoms with Gasteiger partial charge in [0.05, 0.1) is 14.2 Å². The van der Waals surface area contributed by atoms with E-state index in [2.05, 4.69) is 5.32 Å². The largest absolute Gasteiger partial charge is 0.493 e. The van der Waals surface area contributed by atoms with E-state index >= 15 is 0 Å². The highest BCUT2D eigenvalue weighted by Crippen LogP contribution is 2.29. The highest BCUT2D eigenvalue weighted by atomic mass is 16.5. The molecule has 132 valence electrons. The molecule has 6 nitrogen and oxygen atoms in total. The molecule has 2 aromatic rings. The standard InChI is InChI=1S/C19H22N2O4/c1-13-7-5-6-8-16(13)21(14(2)22)12-19(23)20-15-9-10-17(24-3)18(11-15)25-4/h5-11H,12H2,1-4H3,(H,20,23). The molecule has 0 atom stereocenters. The van der Waals surface area contributed by atoms with E-state index < -0.39 is 0 Å². The van der Waals surface area contributed by atoms with Crippen LogP contribution < -0.4 is 19.7 Å². The second-order valence-corrected chi connectivity index (χ2v) is 5.51. The third-order valence-corrected chi connectivity index (χ3v) is 3.76. The van der Waals surface area contributed by atoms with Crippen LogP contribution in [0.5, 0.6) is 11.5 Å². The van der Waals surface area contributed by atoms with Crippen LogP contribution in [0.25, 0.3) is 0 Å². The SMILES string of the molecule is COc1ccc(NC(=O)CN(C(C)=O)c2ccccc2C)cc1OC. The summed E-state index contributed by atoms with van der Waals surface area (Å²) in [7, 11) is 3.07. The summed E-state index contributed by atoms with van der Waals surface area (Å²) in [5.74, 6) is 0.593. The highest BCUT2D eigenvalue weighted by molar-refractivity contribution is 6.02. The zero-order valence-electron chi connectivity index (χ0n) is 14.8. The van der Waals surface area contributed by atoms with Crippen molar-refractivity contribution >= 4 is 23.2 Å². The Labute approximate surface area is 147 Å². The number of hydrogen-bond acceptors (Lipinski definition) is 4. The lowest BCUT2D eigenvalue weighted by atomic mass is 10.2. The number of benzene rings is 2. The van der Waals surface area contributed by atoms with Crippen LogP contribution in [0.2, 0.25) is 0 Å².